The van der Waals surface area contributed by atoms with E-state index in [2.05, 4.69) is 25.3 Å². The van der Waals surface area contributed by atoms with Gasteiger partial charge in [0.2, 0.25) is 0 Å². The molecule has 0 radical (unpaired) electrons. The Hall–Kier alpha value is -1.02. The van der Waals surface area contributed by atoms with Gasteiger partial charge < -0.3 is 5.73 Å². The molecule has 1 aromatic heterocycles. The van der Waals surface area contributed by atoms with Crippen LogP contribution in [-0.2, 0) is 0 Å². The Balaban J connectivity index is 2.97. The highest BCUT2D eigenvalue weighted by molar-refractivity contribution is 7.17. The number of aryl methyl sites for hydroxylation is 2. The molecular formula is C10H11NS. The highest BCUT2D eigenvalue weighted by Crippen LogP contribution is 2.30. The largest absolute Gasteiger partial charge is 0.398 e. The van der Waals surface area contributed by atoms with Gasteiger partial charge in [0.25, 0.3) is 0 Å². The van der Waals surface area contributed by atoms with Gasteiger partial charge in [0, 0.05) is 10.4 Å². The summed E-state index contributed by atoms with van der Waals surface area (Å²) in [7, 11) is 0. The van der Waals surface area contributed by atoms with Crippen molar-refractivity contribution in [2.75, 3.05) is 5.73 Å². The lowest BCUT2D eigenvalue weighted by molar-refractivity contribution is 1.48. The number of nitrogen functional groups attached to an aromatic ring is 1. The van der Waals surface area contributed by atoms with Crippen molar-refractivity contribution in [3.8, 4) is 0 Å². The van der Waals surface area contributed by atoms with E-state index in [0.29, 0.717) is 0 Å². The van der Waals surface area contributed by atoms with Crippen molar-refractivity contribution in [2.24, 2.45) is 0 Å². The number of rotatable bonds is 0. The molecule has 0 aliphatic rings. The fraction of sp³-hybridized carbons (Fsp3) is 0.200. The van der Waals surface area contributed by atoms with Crippen LogP contribution in [0.15, 0.2) is 17.5 Å². The van der Waals surface area contributed by atoms with E-state index in [1.165, 1.54) is 21.2 Å². The molecule has 0 saturated carbocycles. The van der Waals surface area contributed by atoms with Crippen LogP contribution in [0.5, 0.6) is 0 Å². The first-order valence-electron chi connectivity index (χ1n) is 3.93. The molecule has 0 aliphatic carbocycles. The van der Waals surface area contributed by atoms with Gasteiger partial charge in [-0.15, -0.1) is 11.3 Å². The quantitative estimate of drug-likeness (QED) is 0.615. The van der Waals surface area contributed by atoms with Crippen molar-refractivity contribution in [3.63, 3.8) is 0 Å². The Bertz CT molecular complexity index is 429. The molecule has 2 rings (SSSR count). The van der Waals surface area contributed by atoms with Gasteiger partial charge in [0.05, 0.1) is 0 Å². The fourth-order valence-electron chi connectivity index (χ4n) is 1.46. The molecule has 0 amide bonds. The maximum atomic E-state index is 5.85. The molecule has 1 nitrogen and oxygen atoms in total. The summed E-state index contributed by atoms with van der Waals surface area (Å²) in [6.07, 6.45) is 0. The summed E-state index contributed by atoms with van der Waals surface area (Å²) < 4.78 is 1.33. The Kier molecular flexibility index (Phi) is 1.58. The SMILES string of the molecule is Cc1cc(N)c(C)c2sccc12. The van der Waals surface area contributed by atoms with Crippen LogP contribution >= 0.6 is 11.3 Å². The van der Waals surface area contributed by atoms with Gasteiger partial charge in [-0.05, 0) is 47.9 Å². The summed E-state index contributed by atoms with van der Waals surface area (Å²) in [4.78, 5) is 0. The minimum Gasteiger partial charge on any atom is -0.398 e. The third kappa shape index (κ3) is 0.916. The van der Waals surface area contributed by atoms with E-state index in [-0.39, 0.29) is 0 Å². The van der Waals surface area contributed by atoms with Crippen LogP contribution in [0.4, 0.5) is 5.69 Å². The lowest BCUT2D eigenvalue weighted by Crippen LogP contribution is -1.90. The number of hydrogen-bond donors (Lipinski definition) is 1. The van der Waals surface area contributed by atoms with Crippen molar-refractivity contribution in [1.29, 1.82) is 0 Å². The first kappa shape index (κ1) is 7.62. The number of hydrogen-bond acceptors (Lipinski definition) is 2. The highest BCUT2D eigenvalue weighted by atomic mass is 32.1. The zero-order chi connectivity index (χ0) is 8.72. The van der Waals surface area contributed by atoms with Crippen LogP contribution in [0.2, 0.25) is 0 Å². The molecule has 1 aromatic carbocycles. The first-order valence-corrected chi connectivity index (χ1v) is 4.81. The highest BCUT2D eigenvalue weighted by Gasteiger charge is 2.04. The maximum Gasteiger partial charge on any atom is 0.0395 e. The standard InChI is InChI=1S/C10H11NS/c1-6-5-9(11)7(2)10-8(6)3-4-12-10/h3-5H,11H2,1-2H3. The summed E-state index contributed by atoms with van der Waals surface area (Å²) in [5.41, 5.74) is 9.24. The third-order valence-electron chi connectivity index (χ3n) is 2.24. The van der Waals surface area contributed by atoms with Gasteiger partial charge >= 0.3 is 0 Å². The monoisotopic (exact) mass is 177 g/mol. The molecule has 1 heterocycles. The average molecular weight is 177 g/mol. The van der Waals surface area contributed by atoms with Gasteiger partial charge in [-0.1, -0.05) is 0 Å². The minimum atomic E-state index is 0.905. The predicted molar refractivity (Wildman–Crippen MR) is 55.7 cm³/mol. The molecule has 0 saturated heterocycles. The van der Waals surface area contributed by atoms with E-state index in [4.69, 9.17) is 5.73 Å². The van der Waals surface area contributed by atoms with E-state index in [9.17, 15) is 0 Å². The van der Waals surface area contributed by atoms with Crippen LogP contribution in [-0.4, -0.2) is 0 Å². The van der Waals surface area contributed by atoms with Crippen molar-refractivity contribution in [1.82, 2.24) is 0 Å². The molecule has 62 valence electrons. The molecule has 0 bridgehead atoms. The molecule has 0 atom stereocenters. The van der Waals surface area contributed by atoms with E-state index in [1.54, 1.807) is 11.3 Å². The minimum absolute atomic E-state index is 0.905. The summed E-state index contributed by atoms with van der Waals surface area (Å²) in [5, 5.41) is 3.45. The lowest BCUT2D eigenvalue weighted by atomic mass is 10.1. The normalized spacial score (nSPS) is 10.8. The maximum absolute atomic E-state index is 5.85. The Morgan fingerprint density at radius 1 is 1.33 bits per heavy atom. The molecule has 0 aliphatic heterocycles. The summed E-state index contributed by atoms with van der Waals surface area (Å²) in [6, 6.07) is 4.20. The Labute approximate surface area is 75.8 Å². The topological polar surface area (TPSA) is 26.0 Å². The molecule has 0 spiro atoms. The molecular weight excluding hydrogens is 166 g/mol. The van der Waals surface area contributed by atoms with Crippen molar-refractivity contribution in [3.05, 3.63) is 28.6 Å². The average Bonchev–Trinajstić information content (AvgIpc) is 2.48. The molecule has 12 heavy (non-hydrogen) atoms. The Morgan fingerprint density at radius 3 is 2.83 bits per heavy atom. The molecule has 0 fully saturated rings. The van der Waals surface area contributed by atoms with E-state index >= 15 is 0 Å². The second kappa shape index (κ2) is 2.49. The van der Waals surface area contributed by atoms with Crippen LogP contribution < -0.4 is 5.73 Å². The fourth-order valence-corrected chi connectivity index (χ4v) is 2.45. The number of benzene rings is 1. The van der Waals surface area contributed by atoms with E-state index in [1.807, 2.05) is 6.07 Å². The first-order chi connectivity index (χ1) is 5.70. The van der Waals surface area contributed by atoms with Crippen LogP contribution in [0.3, 0.4) is 0 Å². The molecule has 2 N–H and O–H groups in total. The van der Waals surface area contributed by atoms with Gasteiger partial charge in [-0.2, -0.15) is 0 Å². The van der Waals surface area contributed by atoms with Crippen LogP contribution in [0, 0.1) is 13.8 Å². The van der Waals surface area contributed by atoms with Gasteiger partial charge in [-0.3, -0.25) is 0 Å². The predicted octanol–water partition coefficient (Wildman–Crippen LogP) is 3.10. The second-order valence-corrected chi connectivity index (χ2v) is 3.99. The molecule has 2 heteroatoms. The second-order valence-electron chi connectivity index (χ2n) is 3.07. The van der Waals surface area contributed by atoms with E-state index in [0.717, 1.165) is 5.69 Å². The zero-order valence-electron chi connectivity index (χ0n) is 7.22. The summed E-state index contributed by atoms with van der Waals surface area (Å²) in [6.45, 7) is 4.18. The zero-order valence-corrected chi connectivity index (χ0v) is 8.03. The van der Waals surface area contributed by atoms with E-state index < -0.39 is 0 Å². The van der Waals surface area contributed by atoms with Crippen molar-refractivity contribution < 1.29 is 0 Å². The lowest BCUT2D eigenvalue weighted by Gasteiger charge is -2.03. The van der Waals surface area contributed by atoms with Crippen LogP contribution in [0.25, 0.3) is 10.1 Å². The van der Waals surface area contributed by atoms with Crippen molar-refractivity contribution >= 4 is 27.1 Å². The number of fused-ring (bicyclic) bond motifs is 1. The van der Waals surface area contributed by atoms with Gasteiger partial charge in [0.1, 0.15) is 0 Å². The third-order valence-corrected chi connectivity index (χ3v) is 3.27. The van der Waals surface area contributed by atoms with Gasteiger partial charge in [0.15, 0.2) is 0 Å². The smallest absolute Gasteiger partial charge is 0.0395 e. The number of nitrogens with two attached hydrogens (primary N) is 1. The summed E-state index contributed by atoms with van der Waals surface area (Å²) in [5.74, 6) is 0. The number of thiophene rings is 1. The molecule has 2 aromatic rings. The summed E-state index contributed by atoms with van der Waals surface area (Å²) >= 11 is 1.76. The van der Waals surface area contributed by atoms with Crippen molar-refractivity contribution in [2.45, 2.75) is 13.8 Å². The number of anilines is 1. The van der Waals surface area contributed by atoms with Crippen LogP contribution in [0.1, 0.15) is 11.1 Å². The molecule has 0 unspecified atom stereocenters. The Morgan fingerprint density at radius 2 is 2.08 bits per heavy atom. The van der Waals surface area contributed by atoms with Gasteiger partial charge in [-0.25, -0.2) is 0 Å².